The van der Waals surface area contributed by atoms with Crippen LogP contribution >= 0.6 is 0 Å². The van der Waals surface area contributed by atoms with Gasteiger partial charge in [-0.2, -0.15) is 0 Å². The first-order chi connectivity index (χ1) is 8.83. The van der Waals surface area contributed by atoms with E-state index in [-0.39, 0.29) is 24.7 Å². The predicted molar refractivity (Wildman–Crippen MR) is 65.5 cm³/mol. The molecule has 0 saturated carbocycles. The van der Waals surface area contributed by atoms with E-state index in [1.54, 1.807) is 0 Å². The molecule has 4 N–H and O–H groups in total. The summed E-state index contributed by atoms with van der Waals surface area (Å²) in [4.78, 5) is 28.6. The zero-order chi connectivity index (χ0) is 14.2. The number of aromatic nitrogens is 3. The van der Waals surface area contributed by atoms with Crippen LogP contribution in [0.4, 0.5) is 0 Å². The molecule has 8 nitrogen and oxygen atoms in total. The van der Waals surface area contributed by atoms with Crippen molar-refractivity contribution in [2.75, 3.05) is 13.1 Å². The van der Waals surface area contributed by atoms with Crippen LogP contribution in [0, 0.1) is 0 Å². The number of hydrogen-bond donors (Lipinski definition) is 3. The number of aromatic amines is 1. The smallest absolute Gasteiger partial charge is 0.325 e. The summed E-state index contributed by atoms with van der Waals surface area (Å²) in [5.41, 5.74) is 4.35. The van der Waals surface area contributed by atoms with Gasteiger partial charge in [-0.25, -0.2) is 4.98 Å². The van der Waals surface area contributed by atoms with Gasteiger partial charge in [0.2, 0.25) is 5.82 Å². The fourth-order valence-corrected chi connectivity index (χ4v) is 1.95. The minimum atomic E-state index is -1.37. The lowest BCUT2D eigenvalue weighted by atomic mass is 10.0. The number of likely N-dealkylation sites (tertiary alicyclic amines) is 1. The van der Waals surface area contributed by atoms with Crippen molar-refractivity contribution in [1.82, 2.24) is 20.1 Å². The number of carboxylic acids is 1. The third kappa shape index (κ3) is 2.43. The lowest BCUT2D eigenvalue weighted by Crippen LogP contribution is -2.50. The largest absolute Gasteiger partial charge is 0.480 e. The maximum Gasteiger partial charge on any atom is 0.325 e. The average molecular weight is 267 g/mol. The number of carbonyl (C=O) groups is 2. The van der Waals surface area contributed by atoms with Crippen molar-refractivity contribution < 1.29 is 14.7 Å². The topological polar surface area (TPSA) is 125 Å². The molecule has 19 heavy (non-hydrogen) atoms. The van der Waals surface area contributed by atoms with Gasteiger partial charge in [-0.05, 0) is 6.42 Å². The summed E-state index contributed by atoms with van der Waals surface area (Å²) in [7, 11) is 0. The Morgan fingerprint density at radius 2 is 2.21 bits per heavy atom. The fourth-order valence-electron chi connectivity index (χ4n) is 1.95. The molecular weight excluding hydrogens is 250 g/mol. The minimum Gasteiger partial charge on any atom is -0.480 e. The number of nitrogens with two attached hydrogens (primary N) is 1. The molecule has 1 fully saturated rings. The van der Waals surface area contributed by atoms with Crippen molar-refractivity contribution in [3.63, 3.8) is 0 Å². The van der Waals surface area contributed by atoms with Crippen LogP contribution in [0.1, 0.15) is 42.6 Å². The summed E-state index contributed by atoms with van der Waals surface area (Å²) < 4.78 is 0. The number of amides is 1. The van der Waals surface area contributed by atoms with Crippen LogP contribution in [-0.2, 0) is 4.79 Å². The molecule has 1 unspecified atom stereocenters. The van der Waals surface area contributed by atoms with Crippen LogP contribution in [0.5, 0.6) is 0 Å². The van der Waals surface area contributed by atoms with Crippen molar-refractivity contribution in [2.24, 2.45) is 5.73 Å². The Morgan fingerprint density at radius 1 is 1.53 bits per heavy atom. The highest BCUT2D eigenvalue weighted by atomic mass is 16.4. The molecule has 1 amide bonds. The second-order valence-electron chi connectivity index (χ2n) is 5.14. The number of aliphatic carboxylic acids is 1. The molecule has 1 atom stereocenters. The first-order valence-corrected chi connectivity index (χ1v) is 6.07. The van der Waals surface area contributed by atoms with Crippen LogP contribution in [0.15, 0.2) is 0 Å². The molecule has 0 radical (unpaired) electrons. The molecule has 1 aliphatic rings. The summed E-state index contributed by atoms with van der Waals surface area (Å²) in [6.07, 6.45) is 0.232. The predicted octanol–water partition coefficient (Wildman–Crippen LogP) is -0.444. The first-order valence-electron chi connectivity index (χ1n) is 6.07. The highest BCUT2D eigenvalue weighted by Gasteiger charge is 2.43. The Bertz CT molecular complexity index is 512. The van der Waals surface area contributed by atoms with E-state index in [0.29, 0.717) is 12.4 Å². The van der Waals surface area contributed by atoms with Crippen molar-refractivity contribution in [1.29, 1.82) is 0 Å². The molecular formula is C11H17N5O3. The van der Waals surface area contributed by atoms with Gasteiger partial charge in [0, 0.05) is 19.0 Å². The number of H-pyrrole nitrogens is 1. The van der Waals surface area contributed by atoms with Gasteiger partial charge < -0.3 is 15.7 Å². The number of carbonyl (C=O) groups excluding carboxylic acids is 1. The molecule has 104 valence electrons. The molecule has 0 spiro atoms. The van der Waals surface area contributed by atoms with Crippen LogP contribution in [0.25, 0.3) is 0 Å². The van der Waals surface area contributed by atoms with E-state index >= 15 is 0 Å². The third-order valence-electron chi connectivity index (χ3n) is 3.25. The monoisotopic (exact) mass is 267 g/mol. The molecule has 1 aliphatic heterocycles. The number of rotatable bonds is 3. The van der Waals surface area contributed by atoms with E-state index in [4.69, 9.17) is 10.8 Å². The highest BCUT2D eigenvalue weighted by molar-refractivity contribution is 5.92. The van der Waals surface area contributed by atoms with Crippen molar-refractivity contribution in [3.05, 3.63) is 11.6 Å². The quantitative estimate of drug-likeness (QED) is 0.681. The Hall–Kier alpha value is -1.96. The average Bonchev–Trinajstić information content (AvgIpc) is 2.95. The van der Waals surface area contributed by atoms with Crippen LogP contribution < -0.4 is 5.73 Å². The summed E-state index contributed by atoms with van der Waals surface area (Å²) in [6.45, 7) is 4.14. The zero-order valence-corrected chi connectivity index (χ0v) is 10.9. The van der Waals surface area contributed by atoms with Crippen LogP contribution in [0.2, 0.25) is 0 Å². The molecule has 8 heteroatoms. The van der Waals surface area contributed by atoms with Gasteiger partial charge in [0.15, 0.2) is 0 Å². The maximum atomic E-state index is 12.1. The van der Waals surface area contributed by atoms with Crippen LogP contribution in [0.3, 0.4) is 0 Å². The molecule has 2 rings (SSSR count). The van der Waals surface area contributed by atoms with E-state index < -0.39 is 17.4 Å². The maximum absolute atomic E-state index is 12.1. The molecule has 0 aromatic carbocycles. The Balaban J connectivity index is 2.11. The number of hydrogen-bond acceptors (Lipinski definition) is 5. The van der Waals surface area contributed by atoms with Gasteiger partial charge in [-0.3, -0.25) is 14.7 Å². The van der Waals surface area contributed by atoms with Gasteiger partial charge >= 0.3 is 5.97 Å². The van der Waals surface area contributed by atoms with Crippen molar-refractivity contribution >= 4 is 11.9 Å². The number of carboxylic acid groups (broad SMARTS) is 1. The second kappa shape index (κ2) is 4.61. The van der Waals surface area contributed by atoms with Gasteiger partial charge in [0.05, 0.1) is 0 Å². The van der Waals surface area contributed by atoms with E-state index in [9.17, 15) is 9.59 Å². The van der Waals surface area contributed by atoms with Crippen LogP contribution in [-0.4, -0.2) is 55.7 Å². The normalized spacial score (nSPS) is 23.1. The van der Waals surface area contributed by atoms with Gasteiger partial charge in [0.25, 0.3) is 5.91 Å². The Morgan fingerprint density at radius 3 is 2.68 bits per heavy atom. The van der Waals surface area contributed by atoms with Crippen molar-refractivity contribution in [2.45, 2.75) is 31.7 Å². The summed E-state index contributed by atoms with van der Waals surface area (Å²) >= 11 is 0. The van der Waals surface area contributed by atoms with E-state index in [0.717, 1.165) is 0 Å². The zero-order valence-electron chi connectivity index (χ0n) is 10.9. The minimum absolute atomic E-state index is 0.0211. The van der Waals surface area contributed by atoms with Gasteiger partial charge in [-0.15, -0.1) is 5.10 Å². The number of nitrogens with zero attached hydrogens (tertiary/aromatic N) is 3. The summed E-state index contributed by atoms with van der Waals surface area (Å²) in [6, 6.07) is 0. The molecule has 2 heterocycles. The van der Waals surface area contributed by atoms with Crippen molar-refractivity contribution in [3.8, 4) is 0 Å². The summed E-state index contributed by atoms with van der Waals surface area (Å²) in [5.74, 6) is -0.671. The molecule has 1 aromatic heterocycles. The molecule has 0 bridgehead atoms. The highest BCUT2D eigenvalue weighted by Crippen LogP contribution is 2.20. The van der Waals surface area contributed by atoms with E-state index in [1.165, 1.54) is 4.90 Å². The Kier molecular flexibility index (Phi) is 3.27. The first kappa shape index (κ1) is 13.5. The fraction of sp³-hybridized carbons (Fsp3) is 0.636. The molecule has 1 aromatic rings. The Labute approximate surface area is 110 Å². The van der Waals surface area contributed by atoms with Gasteiger partial charge in [0.1, 0.15) is 11.4 Å². The number of nitrogens with one attached hydrogen (secondary N) is 1. The SMILES string of the molecule is CC(C)c1nc(C(=O)N2CCC(N)(C(=O)O)C2)n[nH]1. The lowest BCUT2D eigenvalue weighted by Gasteiger charge is -2.18. The summed E-state index contributed by atoms with van der Waals surface area (Å²) in [5, 5.41) is 15.6. The second-order valence-corrected chi connectivity index (χ2v) is 5.14. The lowest BCUT2D eigenvalue weighted by molar-refractivity contribution is -0.142. The molecule has 1 saturated heterocycles. The van der Waals surface area contributed by atoms with E-state index in [2.05, 4.69) is 15.2 Å². The van der Waals surface area contributed by atoms with E-state index in [1.807, 2.05) is 13.8 Å². The third-order valence-corrected chi connectivity index (χ3v) is 3.25. The molecule has 0 aliphatic carbocycles. The van der Waals surface area contributed by atoms with Gasteiger partial charge in [-0.1, -0.05) is 13.8 Å². The standard InChI is InChI=1S/C11H17N5O3/c1-6(2)7-13-8(15-14-7)9(17)16-4-3-11(12,5-16)10(18)19/h6H,3-5,12H2,1-2H3,(H,18,19)(H,13,14,15).